The van der Waals surface area contributed by atoms with E-state index in [0.29, 0.717) is 34.0 Å². The molecule has 0 saturated carbocycles. The monoisotopic (exact) mass is 254 g/mol. The molecule has 4 nitrogen and oxygen atoms in total. The number of halogens is 1. The predicted octanol–water partition coefficient (Wildman–Crippen LogP) is 2.59. The molecule has 0 aliphatic rings. The number of aliphatic hydroxyl groups excluding tert-OH is 1. The lowest BCUT2D eigenvalue weighted by Gasteiger charge is -2.14. The number of fused-ring (bicyclic) bond motifs is 1. The molecule has 3 N–H and O–H groups in total. The third-order valence-corrected chi connectivity index (χ3v) is 3.01. The van der Waals surface area contributed by atoms with Crippen molar-refractivity contribution in [2.75, 3.05) is 0 Å². The van der Waals surface area contributed by atoms with Crippen molar-refractivity contribution in [1.29, 1.82) is 0 Å². The average Bonchev–Trinajstić information content (AvgIpc) is 2.54. The first-order chi connectivity index (χ1) is 7.97. The zero-order valence-electron chi connectivity index (χ0n) is 9.75. The van der Waals surface area contributed by atoms with Gasteiger partial charge < -0.3 is 15.1 Å². The van der Waals surface area contributed by atoms with Crippen molar-refractivity contribution in [2.24, 2.45) is 5.92 Å². The van der Waals surface area contributed by atoms with Crippen LogP contribution in [0.4, 0.5) is 0 Å². The highest BCUT2D eigenvalue weighted by Crippen LogP contribution is 2.30. The van der Waals surface area contributed by atoms with Crippen LogP contribution >= 0.6 is 11.6 Å². The maximum absolute atomic E-state index is 11.1. The van der Waals surface area contributed by atoms with Gasteiger partial charge in [0.05, 0.1) is 17.1 Å². The first kappa shape index (κ1) is 12.2. The number of benzene rings is 1. The van der Waals surface area contributed by atoms with Crippen molar-refractivity contribution in [1.82, 2.24) is 9.97 Å². The average molecular weight is 255 g/mol. The van der Waals surface area contributed by atoms with Crippen molar-refractivity contribution in [2.45, 2.75) is 26.4 Å². The summed E-state index contributed by atoms with van der Waals surface area (Å²) in [4.78, 5) is 16.4. The summed E-state index contributed by atoms with van der Waals surface area (Å²) < 4.78 is 0. The van der Waals surface area contributed by atoms with E-state index >= 15 is 0 Å². The van der Waals surface area contributed by atoms with Crippen molar-refractivity contribution >= 4 is 22.6 Å². The number of hydrogen-bond donors (Lipinski definition) is 3. The van der Waals surface area contributed by atoms with E-state index in [-0.39, 0.29) is 5.69 Å². The summed E-state index contributed by atoms with van der Waals surface area (Å²) in [6.45, 7) is 4.07. The van der Waals surface area contributed by atoms with Crippen LogP contribution in [0.2, 0.25) is 5.02 Å². The van der Waals surface area contributed by atoms with Crippen LogP contribution in [0.15, 0.2) is 16.9 Å². The minimum Gasteiger partial charge on any atom is -0.388 e. The van der Waals surface area contributed by atoms with Crippen LogP contribution in [-0.4, -0.2) is 15.1 Å². The van der Waals surface area contributed by atoms with Crippen molar-refractivity contribution in [3.05, 3.63) is 33.2 Å². The van der Waals surface area contributed by atoms with Gasteiger partial charge in [0.2, 0.25) is 0 Å². The maximum Gasteiger partial charge on any atom is 0.323 e. The number of aliphatic hydroxyl groups is 1. The summed E-state index contributed by atoms with van der Waals surface area (Å²) in [7, 11) is 0. The van der Waals surface area contributed by atoms with Gasteiger partial charge in [0.15, 0.2) is 0 Å². The van der Waals surface area contributed by atoms with Gasteiger partial charge in [-0.3, -0.25) is 0 Å². The van der Waals surface area contributed by atoms with Crippen LogP contribution < -0.4 is 5.69 Å². The highest BCUT2D eigenvalue weighted by molar-refractivity contribution is 6.32. The molecular weight excluding hydrogens is 240 g/mol. The number of hydrogen-bond acceptors (Lipinski definition) is 2. The van der Waals surface area contributed by atoms with E-state index in [1.165, 1.54) is 0 Å². The Morgan fingerprint density at radius 1 is 1.29 bits per heavy atom. The van der Waals surface area contributed by atoms with Crippen LogP contribution in [0.3, 0.4) is 0 Å². The second-order valence-corrected chi connectivity index (χ2v) is 5.05. The van der Waals surface area contributed by atoms with E-state index in [2.05, 4.69) is 9.97 Å². The van der Waals surface area contributed by atoms with Gasteiger partial charge in [0, 0.05) is 10.6 Å². The SMILES string of the molecule is CC(C)CC(O)c1cc2[nH]c(=O)[nH]c2cc1Cl. The normalized spacial score (nSPS) is 13.5. The molecule has 1 unspecified atom stereocenters. The van der Waals surface area contributed by atoms with E-state index in [0.717, 1.165) is 0 Å². The fraction of sp³-hybridized carbons (Fsp3) is 0.417. The van der Waals surface area contributed by atoms with E-state index in [4.69, 9.17) is 11.6 Å². The molecule has 0 radical (unpaired) electrons. The Balaban J connectivity index is 2.46. The summed E-state index contributed by atoms with van der Waals surface area (Å²) in [5.41, 5.74) is 1.70. The highest BCUT2D eigenvalue weighted by Gasteiger charge is 2.15. The Bertz CT molecular complexity index is 586. The van der Waals surface area contributed by atoms with E-state index in [1.54, 1.807) is 12.1 Å². The zero-order valence-corrected chi connectivity index (χ0v) is 10.5. The molecule has 0 fully saturated rings. The third-order valence-electron chi connectivity index (χ3n) is 2.69. The van der Waals surface area contributed by atoms with Gasteiger partial charge in [-0.05, 0) is 24.5 Å². The molecule has 1 heterocycles. The molecule has 1 aromatic carbocycles. The van der Waals surface area contributed by atoms with E-state index in [9.17, 15) is 9.90 Å². The number of aromatic amines is 2. The van der Waals surface area contributed by atoms with Gasteiger partial charge in [-0.1, -0.05) is 25.4 Å². The van der Waals surface area contributed by atoms with E-state index < -0.39 is 6.10 Å². The van der Waals surface area contributed by atoms with Gasteiger partial charge >= 0.3 is 5.69 Å². The molecule has 1 atom stereocenters. The summed E-state index contributed by atoms with van der Waals surface area (Å²) in [5, 5.41) is 10.5. The molecule has 0 aliphatic heterocycles. The topological polar surface area (TPSA) is 68.9 Å². The fourth-order valence-electron chi connectivity index (χ4n) is 1.90. The highest BCUT2D eigenvalue weighted by atomic mass is 35.5. The number of H-pyrrole nitrogens is 2. The second kappa shape index (κ2) is 4.55. The molecule has 0 spiro atoms. The Labute approximate surface area is 104 Å². The second-order valence-electron chi connectivity index (χ2n) is 4.64. The molecule has 0 bridgehead atoms. The molecule has 5 heteroatoms. The third kappa shape index (κ3) is 2.53. The summed E-state index contributed by atoms with van der Waals surface area (Å²) >= 11 is 6.09. The summed E-state index contributed by atoms with van der Waals surface area (Å²) in [6.07, 6.45) is 0.0326. The van der Waals surface area contributed by atoms with Gasteiger partial charge in [-0.15, -0.1) is 0 Å². The minimum atomic E-state index is -0.606. The first-order valence-electron chi connectivity index (χ1n) is 5.57. The molecule has 92 valence electrons. The quantitative estimate of drug-likeness (QED) is 0.788. The Morgan fingerprint density at radius 3 is 2.47 bits per heavy atom. The van der Waals surface area contributed by atoms with Crippen molar-refractivity contribution < 1.29 is 5.11 Å². The molecule has 0 aliphatic carbocycles. The van der Waals surface area contributed by atoms with Crippen LogP contribution in [0, 0.1) is 5.92 Å². The van der Waals surface area contributed by atoms with Crippen LogP contribution in [0.25, 0.3) is 11.0 Å². The van der Waals surface area contributed by atoms with Crippen molar-refractivity contribution in [3.8, 4) is 0 Å². The number of aromatic nitrogens is 2. The van der Waals surface area contributed by atoms with Crippen LogP contribution in [0.1, 0.15) is 31.9 Å². The molecule has 0 amide bonds. The maximum atomic E-state index is 11.1. The van der Waals surface area contributed by atoms with Gasteiger partial charge in [-0.2, -0.15) is 0 Å². The van der Waals surface area contributed by atoms with Crippen molar-refractivity contribution in [3.63, 3.8) is 0 Å². The Kier molecular flexibility index (Phi) is 3.26. The first-order valence-corrected chi connectivity index (χ1v) is 5.94. The van der Waals surface area contributed by atoms with E-state index in [1.807, 2.05) is 13.8 Å². The van der Waals surface area contributed by atoms with Gasteiger partial charge in [-0.25, -0.2) is 4.79 Å². The summed E-state index contributed by atoms with van der Waals surface area (Å²) in [5.74, 6) is 0.377. The number of rotatable bonds is 3. The fourth-order valence-corrected chi connectivity index (χ4v) is 2.19. The smallest absolute Gasteiger partial charge is 0.323 e. The molecule has 17 heavy (non-hydrogen) atoms. The lowest BCUT2D eigenvalue weighted by Crippen LogP contribution is -2.02. The summed E-state index contributed by atoms with van der Waals surface area (Å²) in [6, 6.07) is 3.39. The van der Waals surface area contributed by atoms with Gasteiger partial charge in [0.1, 0.15) is 0 Å². The Morgan fingerprint density at radius 2 is 1.88 bits per heavy atom. The molecule has 2 aromatic rings. The number of imidazole rings is 1. The molecular formula is C12H15ClN2O2. The Hall–Kier alpha value is -1.26. The van der Waals surface area contributed by atoms with Crippen LogP contribution in [-0.2, 0) is 0 Å². The molecule has 2 rings (SSSR count). The number of nitrogens with one attached hydrogen (secondary N) is 2. The minimum absolute atomic E-state index is 0.272. The van der Waals surface area contributed by atoms with Gasteiger partial charge in [0.25, 0.3) is 0 Å². The van der Waals surface area contributed by atoms with Crippen LogP contribution in [0.5, 0.6) is 0 Å². The molecule has 0 saturated heterocycles. The standard InChI is InChI=1S/C12H15ClN2O2/c1-6(2)3-11(16)7-4-9-10(5-8(7)13)15-12(17)14-9/h4-6,11,16H,3H2,1-2H3,(H2,14,15,17). The zero-order chi connectivity index (χ0) is 12.6. The molecule has 1 aromatic heterocycles. The predicted molar refractivity (Wildman–Crippen MR) is 68.3 cm³/mol. The lowest BCUT2D eigenvalue weighted by molar-refractivity contribution is 0.151. The lowest BCUT2D eigenvalue weighted by atomic mass is 9.99. The largest absolute Gasteiger partial charge is 0.388 e.